The molecule has 0 saturated carbocycles. The van der Waals surface area contributed by atoms with Gasteiger partial charge in [-0.3, -0.25) is 9.69 Å². The SMILES string of the molecule is COc1cc(/C=C2\SC(=Nc3ccccc3)N(Cc3ccco3)C2=O)ccc1OCc1ccc(C(=O)O)o1. The lowest BCUT2D eigenvalue weighted by Gasteiger charge is -2.13. The molecule has 1 aliphatic rings. The maximum atomic E-state index is 13.4. The van der Waals surface area contributed by atoms with Gasteiger partial charge in [0.1, 0.15) is 18.1 Å². The number of para-hydroxylation sites is 1. The van der Waals surface area contributed by atoms with Gasteiger partial charge in [0.15, 0.2) is 16.7 Å². The van der Waals surface area contributed by atoms with E-state index in [1.807, 2.05) is 36.4 Å². The topological polar surface area (TPSA) is 115 Å². The van der Waals surface area contributed by atoms with E-state index in [1.54, 1.807) is 47.6 Å². The van der Waals surface area contributed by atoms with Gasteiger partial charge in [-0.2, -0.15) is 0 Å². The van der Waals surface area contributed by atoms with Gasteiger partial charge >= 0.3 is 5.97 Å². The zero-order valence-corrected chi connectivity index (χ0v) is 21.0. The quantitative estimate of drug-likeness (QED) is 0.264. The summed E-state index contributed by atoms with van der Waals surface area (Å²) in [5.74, 6) is 0.413. The number of aromatic carboxylic acids is 1. The molecule has 0 radical (unpaired) electrons. The number of hydrogen-bond acceptors (Lipinski definition) is 8. The standard InChI is InChI=1S/C28H22N2O7S/c1-34-24-14-18(9-11-22(24)36-17-21-10-12-23(37-21)27(32)33)15-25-26(31)30(16-20-8-5-13-35-20)28(38-25)29-19-6-3-2-4-7-19/h2-15H,16-17H2,1H3,(H,32,33)/b25-15-,29-28?. The monoisotopic (exact) mass is 530 g/mol. The van der Waals surface area contributed by atoms with Crippen molar-refractivity contribution < 1.29 is 33.0 Å². The summed E-state index contributed by atoms with van der Waals surface area (Å²) < 4.78 is 21.9. The minimum Gasteiger partial charge on any atom is -0.493 e. The Morgan fingerprint density at radius 1 is 1.05 bits per heavy atom. The van der Waals surface area contributed by atoms with Crippen molar-refractivity contribution in [3.8, 4) is 11.5 Å². The number of furan rings is 2. The summed E-state index contributed by atoms with van der Waals surface area (Å²) in [7, 11) is 1.51. The summed E-state index contributed by atoms with van der Waals surface area (Å²) in [4.78, 5) is 31.2. The van der Waals surface area contributed by atoms with Crippen LogP contribution in [0.25, 0.3) is 6.08 Å². The summed E-state index contributed by atoms with van der Waals surface area (Å²) in [5.41, 5.74) is 1.47. The molecule has 2 aromatic heterocycles. The van der Waals surface area contributed by atoms with Crippen molar-refractivity contribution in [2.75, 3.05) is 7.11 Å². The van der Waals surface area contributed by atoms with Crippen molar-refractivity contribution in [3.63, 3.8) is 0 Å². The highest BCUT2D eigenvalue weighted by molar-refractivity contribution is 8.18. The van der Waals surface area contributed by atoms with Gasteiger partial charge in [0.05, 0.1) is 30.5 Å². The minimum atomic E-state index is -1.15. The number of amidine groups is 1. The van der Waals surface area contributed by atoms with Crippen molar-refractivity contribution >= 4 is 40.6 Å². The van der Waals surface area contributed by atoms with E-state index >= 15 is 0 Å². The molecule has 0 atom stereocenters. The molecule has 0 bridgehead atoms. The molecule has 0 aliphatic carbocycles. The molecule has 1 saturated heterocycles. The predicted octanol–water partition coefficient (Wildman–Crippen LogP) is 5.96. The molecule has 10 heteroatoms. The Bertz CT molecular complexity index is 1510. The number of carbonyl (C=O) groups excluding carboxylic acids is 1. The van der Waals surface area contributed by atoms with Crippen LogP contribution in [0, 0.1) is 0 Å². The normalized spacial score (nSPS) is 15.4. The van der Waals surface area contributed by atoms with Crippen LogP contribution >= 0.6 is 11.8 Å². The van der Waals surface area contributed by atoms with Gasteiger partial charge in [-0.25, -0.2) is 9.79 Å². The van der Waals surface area contributed by atoms with Gasteiger partial charge in [-0.05, 0) is 71.9 Å². The first-order valence-electron chi connectivity index (χ1n) is 11.5. The Balaban J connectivity index is 1.37. The number of hydrogen-bond donors (Lipinski definition) is 1. The van der Waals surface area contributed by atoms with Gasteiger partial charge < -0.3 is 23.4 Å². The number of ether oxygens (including phenoxy) is 2. The van der Waals surface area contributed by atoms with E-state index in [4.69, 9.17) is 23.4 Å². The highest BCUT2D eigenvalue weighted by atomic mass is 32.2. The second kappa shape index (κ2) is 11.1. The van der Waals surface area contributed by atoms with Crippen LogP contribution in [0.15, 0.2) is 97.8 Å². The van der Waals surface area contributed by atoms with Crippen LogP contribution in [0.5, 0.6) is 11.5 Å². The molecular weight excluding hydrogens is 508 g/mol. The van der Waals surface area contributed by atoms with Crippen LogP contribution in [0.1, 0.15) is 27.6 Å². The Morgan fingerprint density at radius 3 is 2.61 bits per heavy atom. The summed E-state index contributed by atoms with van der Waals surface area (Å²) in [6.07, 6.45) is 3.34. The number of aliphatic imine (C=N–C) groups is 1. The molecule has 1 fully saturated rings. The summed E-state index contributed by atoms with van der Waals surface area (Å²) in [5, 5.41) is 9.55. The van der Waals surface area contributed by atoms with Crippen LogP contribution in [-0.2, 0) is 17.9 Å². The van der Waals surface area contributed by atoms with Gasteiger partial charge in [-0.1, -0.05) is 24.3 Å². The van der Waals surface area contributed by atoms with Crippen molar-refractivity contribution in [2.45, 2.75) is 13.2 Å². The molecule has 4 aromatic rings. The van der Waals surface area contributed by atoms with Gasteiger partial charge in [0.2, 0.25) is 5.76 Å². The Morgan fingerprint density at radius 2 is 1.89 bits per heavy atom. The second-order valence-electron chi connectivity index (χ2n) is 8.08. The lowest BCUT2D eigenvalue weighted by Crippen LogP contribution is -2.28. The van der Waals surface area contributed by atoms with Gasteiger partial charge in [0, 0.05) is 0 Å². The highest BCUT2D eigenvalue weighted by Gasteiger charge is 2.34. The van der Waals surface area contributed by atoms with Crippen LogP contribution in [0.2, 0.25) is 0 Å². The molecule has 5 rings (SSSR count). The lowest BCUT2D eigenvalue weighted by molar-refractivity contribution is -0.122. The van der Waals surface area contributed by atoms with Crippen LogP contribution in [-0.4, -0.2) is 34.2 Å². The number of methoxy groups -OCH3 is 1. The molecular formula is C28H22N2O7S. The maximum absolute atomic E-state index is 13.4. The van der Waals surface area contributed by atoms with Crippen molar-refractivity contribution in [3.05, 3.63) is 107 Å². The molecule has 2 aromatic carbocycles. The van der Waals surface area contributed by atoms with Crippen molar-refractivity contribution in [1.29, 1.82) is 0 Å². The fourth-order valence-electron chi connectivity index (χ4n) is 3.67. The largest absolute Gasteiger partial charge is 0.493 e. The Labute approximate surface area is 222 Å². The van der Waals surface area contributed by atoms with E-state index in [2.05, 4.69) is 4.99 Å². The molecule has 9 nitrogen and oxygen atoms in total. The molecule has 38 heavy (non-hydrogen) atoms. The number of carbonyl (C=O) groups is 2. The van der Waals surface area contributed by atoms with Crippen LogP contribution < -0.4 is 9.47 Å². The lowest BCUT2D eigenvalue weighted by atomic mass is 10.2. The first-order chi connectivity index (χ1) is 18.5. The number of thioether (sulfide) groups is 1. The first kappa shape index (κ1) is 25.0. The number of benzene rings is 2. The number of amides is 1. The summed E-state index contributed by atoms with van der Waals surface area (Å²) >= 11 is 1.28. The third-order valence-electron chi connectivity index (χ3n) is 5.49. The third kappa shape index (κ3) is 5.65. The van der Waals surface area contributed by atoms with E-state index in [9.17, 15) is 9.59 Å². The average Bonchev–Trinajstić information content (AvgIpc) is 3.67. The Hall–Kier alpha value is -4.70. The van der Waals surface area contributed by atoms with Crippen molar-refractivity contribution in [1.82, 2.24) is 4.90 Å². The summed E-state index contributed by atoms with van der Waals surface area (Å²) in [6.45, 7) is 0.285. The van der Waals surface area contributed by atoms with Crippen molar-refractivity contribution in [2.24, 2.45) is 4.99 Å². The number of carboxylic acid groups (broad SMARTS) is 1. The zero-order valence-electron chi connectivity index (χ0n) is 20.2. The van der Waals surface area contributed by atoms with Crippen LogP contribution in [0.4, 0.5) is 5.69 Å². The minimum absolute atomic E-state index is 0.0272. The number of rotatable bonds is 9. The molecule has 1 N–H and O–H groups in total. The van der Waals surface area contributed by atoms with E-state index in [1.165, 1.54) is 24.9 Å². The van der Waals surface area contributed by atoms with E-state index in [0.717, 1.165) is 11.3 Å². The van der Waals surface area contributed by atoms with E-state index < -0.39 is 5.97 Å². The predicted molar refractivity (Wildman–Crippen MR) is 141 cm³/mol. The number of nitrogens with zero attached hydrogens (tertiary/aromatic N) is 2. The maximum Gasteiger partial charge on any atom is 0.371 e. The molecule has 0 spiro atoms. The van der Waals surface area contributed by atoms with Crippen LogP contribution in [0.3, 0.4) is 0 Å². The van der Waals surface area contributed by atoms with E-state index in [0.29, 0.717) is 33.1 Å². The fourth-order valence-corrected chi connectivity index (χ4v) is 4.66. The average molecular weight is 531 g/mol. The van der Waals surface area contributed by atoms with Gasteiger partial charge in [0.25, 0.3) is 5.91 Å². The van der Waals surface area contributed by atoms with Gasteiger partial charge in [-0.15, -0.1) is 0 Å². The molecule has 192 valence electrons. The Kier molecular flexibility index (Phi) is 7.32. The van der Waals surface area contributed by atoms with E-state index in [-0.39, 0.29) is 24.8 Å². The summed E-state index contributed by atoms with van der Waals surface area (Å²) in [6, 6.07) is 21.2. The highest BCUT2D eigenvalue weighted by Crippen LogP contribution is 2.37. The zero-order chi connectivity index (χ0) is 26.5. The molecule has 3 heterocycles. The third-order valence-corrected chi connectivity index (χ3v) is 6.50. The first-order valence-corrected chi connectivity index (χ1v) is 12.3. The fraction of sp³-hybridized carbons (Fsp3) is 0.107. The smallest absolute Gasteiger partial charge is 0.371 e. The molecule has 0 unspecified atom stereocenters. The number of carboxylic acids is 1. The molecule has 1 amide bonds. The molecule has 1 aliphatic heterocycles. The second-order valence-corrected chi connectivity index (χ2v) is 9.09.